The molecule has 0 saturated carbocycles. The minimum absolute atomic E-state index is 0.0869. The van der Waals surface area contributed by atoms with E-state index in [1.807, 2.05) is 38.4 Å². The number of hydrogen-bond donors (Lipinski definition) is 3. The number of anilines is 1. The minimum atomic E-state index is -0.205. The van der Waals surface area contributed by atoms with Crippen LogP contribution >= 0.6 is 0 Å². The number of hydrogen-bond acceptors (Lipinski definition) is 3. The standard InChI is InChI=1S/C14H24N4O/c1-14(2,18(3)4)10-16-13(19)17-12-7-5-6-11(8-12)9-15/h5-8H,9-10,15H2,1-4H3,(H2,16,17,19). The van der Waals surface area contributed by atoms with Crippen molar-refractivity contribution in [3.8, 4) is 0 Å². The van der Waals surface area contributed by atoms with Gasteiger partial charge in [0, 0.05) is 24.3 Å². The first-order chi connectivity index (χ1) is 8.85. The number of likely N-dealkylation sites (N-methyl/N-ethyl adjacent to an activating group) is 1. The average molecular weight is 264 g/mol. The van der Waals surface area contributed by atoms with Gasteiger partial charge in [-0.25, -0.2) is 4.79 Å². The summed E-state index contributed by atoms with van der Waals surface area (Å²) < 4.78 is 0. The van der Waals surface area contributed by atoms with Gasteiger partial charge >= 0.3 is 6.03 Å². The first-order valence-corrected chi connectivity index (χ1v) is 6.36. The Hall–Kier alpha value is -1.59. The van der Waals surface area contributed by atoms with E-state index in [1.54, 1.807) is 0 Å². The molecular formula is C14H24N4O. The second-order valence-electron chi connectivity index (χ2n) is 5.42. The van der Waals surface area contributed by atoms with E-state index < -0.39 is 0 Å². The number of amides is 2. The van der Waals surface area contributed by atoms with E-state index in [1.165, 1.54) is 0 Å². The summed E-state index contributed by atoms with van der Waals surface area (Å²) >= 11 is 0. The molecule has 19 heavy (non-hydrogen) atoms. The fourth-order valence-electron chi connectivity index (χ4n) is 1.41. The highest BCUT2D eigenvalue weighted by Crippen LogP contribution is 2.11. The monoisotopic (exact) mass is 264 g/mol. The molecule has 1 rings (SSSR count). The lowest BCUT2D eigenvalue weighted by atomic mass is 10.1. The van der Waals surface area contributed by atoms with Gasteiger partial charge in [-0.3, -0.25) is 0 Å². The van der Waals surface area contributed by atoms with Crippen LogP contribution in [0.25, 0.3) is 0 Å². The molecule has 4 N–H and O–H groups in total. The van der Waals surface area contributed by atoms with Gasteiger partial charge in [-0.15, -0.1) is 0 Å². The van der Waals surface area contributed by atoms with Crippen molar-refractivity contribution in [2.75, 3.05) is 26.0 Å². The number of urea groups is 1. The van der Waals surface area contributed by atoms with Crippen molar-refractivity contribution >= 4 is 11.7 Å². The van der Waals surface area contributed by atoms with E-state index in [2.05, 4.69) is 29.4 Å². The number of benzene rings is 1. The summed E-state index contributed by atoms with van der Waals surface area (Å²) in [6.07, 6.45) is 0. The molecule has 5 nitrogen and oxygen atoms in total. The van der Waals surface area contributed by atoms with Gasteiger partial charge in [0.1, 0.15) is 0 Å². The third-order valence-electron chi connectivity index (χ3n) is 3.31. The van der Waals surface area contributed by atoms with Crippen LogP contribution in [0.2, 0.25) is 0 Å². The highest BCUT2D eigenvalue weighted by molar-refractivity contribution is 5.89. The number of rotatable bonds is 5. The van der Waals surface area contributed by atoms with Crippen molar-refractivity contribution in [2.24, 2.45) is 5.73 Å². The Morgan fingerprint density at radius 3 is 2.63 bits per heavy atom. The molecule has 0 radical (unpaired) electrons. The molecule has 1 aromatic rings. The molecule has 0 bridgehead atoms. The molecule has 0 heterocycles. The minimum Gasteiger partial charge on any atom is -0.336 e. The largest absolute Gasteiger partial charge is 0.336 e. The lowest BCUT2D eigenvalue weighted by Gasteiger charge is -2.32. The average Bonchev–Trinajstić information content (AvgIpc) is 2.36. The van der Waals surface area contributed by atoms with Crippen LogP contribution in [0.5, 0.6) is 0 Å². The van der Waals surface area contributed by atoms with Crippen LogP contribution in [0.15, 0.2) is 24.3 Å². The molecule has 0 spiro atoms. The summed E-state index contributed by atoms with van der Waals surface area (Å²) in [7, 11) is 3.98. The van der Waals surface area contributed by atoms with Crippen molar-refractivity contribution < 1.29 is 4.79 Å². The van der Waals surface area contributed by atoms with Crippen LogP contribution in [0.1, 0.15) is 19.4 Å². The number of carbonyl (C=O) groups is 1. The Kier molecular flexibility index (Phi) is 5.32. The lowest BCUT2D eigenvalue weighted by molar-refractivity contribution is 0.189. The zero-order chi connectivity index (χ0) is 14.5. The SMILES string of the molecule is CN(C)C(C)(C)CNC(=O)Nc1cccc(CN)c1. The molecule has 2 amide bonds. The maximum atomic E-state index is 11.8. The van der Waals surface area contributed by atoms with Gasteiger partial charge in [0.2, 0.25) is 0 Å². The fraction of sp³-hybridized carbons (Fsp3) is 0.500. The van der Waals surface area contributed by atoms with Crippen molar-refractivity contribution in [3.05, 3.63) is 29.8 Å². The van der Waals surface area contributed by atoms with Gasteiger partial charge in [-0.2, -0.15) is 0 Å². The van der Waals surface area contributed by atoms with Gasteiger partial charge in [-0.05, 0) is 45.6 Å². The zero-order valence-corrected chi connectivity index (χ0v) is 12.2. The van der Waals surface area contributed by atoms with E-state index in [0.29, 0.717) is 13.1 Å². The molecule has 5 heteroatoms. The Balaban J connectivity index is 2.51. The predicted molar refractivity (Wildman–Crippen MR) is 79.1 cm³/mol. The Labute approximate surface area is 115 Å². The summed E-state index contributed by atoms with van der Waals surface area (Å²) in [4.78, 5) is 13.9. The summed E-state index contributed by atoms with van der Waals surface area (Å²) in [6.45, 7) is 5.18. The molecule has 0 aliphatic carbocycles. The second-order valence-corrected chi connectivity index (χ2v) is 5.42. The molecule has 0 atom stereocenters. The lowest BCUT2D eigenvalue weighted by Crippen LogP contribution is -2.49. The zero-order valence-electron chi connectivity index (χ0n) is 12.2. The summed E-state index contributed by atoms with van der Waals surface area (Å²) in [6, 6.07) is 7.32. The first-order valence-electron chi connectivity index (χ1n) is 6.36. The third kappa shape index (κ3) is 4.89. The summed E-state index contributed by atoms with van der Waals surface area (Å²) in [5, 5.41) is 5.67. The van der Waals surface area contributed by atoms with Crippen LogP contribution in [0.3, 0.4) is 0 Å². The topological polar surface area (TPSA) is 70.4 Å². The van der Waals surface area contributed by atoms with E-state index >= 15 is 0 Å². The summed E-state index contributed by atoms with van der Waals surface area (Å²) in [5.74, 6) is 0. The van der Waals surface area contributed by atoms with Crippen molar-refractivity contribution in [2.45, 2.75) is 25.9 Å². The molecule has 0 aliphatic heterocycles. The first kappa shape index (κ1) is 15.5. The molecular weight excluding hydrogens is 240 g/mol. The smallest absolute Gasteiger partial charge is 0.319 e. The highest BCUT2D eigenvalue weighted by atomic mass is 16.2. The molecule has 0 aliphatic rings. The maximum Gasteiger partial charge on any atom is 0.319 e. The van der Waals surface area contributed by atoms with E-state index in [0.717, 1.165) is 11.3 Å². The van der Waals surface area contributed by atoms with Crippen molar-refractivity contribution in [3.63, 3.8) is 0 Å². The van der Waals surface area contributed by atoms with Gasteiger partial charge in [0.15, 0.2) is 0 Å². The van der Waals surface area contributed by atoms with E-state index in [-0.39, 0.29) is 11.6 Å². The number of nitrogens with two attached hydrogens (primary N) is 1. The van der Waals surface area contributed by atoms with Gasteiger partial charge < -0.3 is 21.3 Å². The Bertz CT molecular complexity index is 429. The Morgan fingerprint density at radius 1 is 1.37 bits per heavy atom. The molecule has 0 saturated heterocycles. The highest BCUT2D eigenvalue weighted by Gasteiger charge is 2.20. The van der Waals surface area contributed by atoms with Crippen LogP contribution in [-0.2, 0) is 6.54 Å². The fourth-order valence-corrected chi connectivity index (χ4v) is 1.41. The van der Waals surface area contributed by atoms with E-state index in [4.69, 9.17) is 5.73 Å². The number of nitrogens with one attached hydrogen (secondary N) is 2. The number of carbonyl (C=O) groups excluding carboxylic acids is 1. The van der Waals surface area contributed by atoms with Gasteiger partial charge in [0.25, 0.3) is 0 Å². The van der Waals surface area contributed by atoms with Crippen LogP contribution in [-0.4, -0.2) is 37.1 Å². The molecule has 0 unspecified atom stereocenters. The molecule has 1 aromatic carbocycles. The van der Waals surface area contributed by atoms with Crippen molar-refractivity contribution in [1.29, 1.82) is 0 Å². The van der Waals surface area contributed by atoms with Crippen LogP contribution < -0.4 is 16.4 Å². The van der Waals surface area contributed by atoms with E-state index in [9.17, 15) is 4.79 Å². The normalized spacial score (nSPS) is 11.5. The predicted octanol–water partition coefficient (Wildman–Crippen LogP) is 1.61. The van der Waals surface area contributed by atoms with Crippen LogP contribution in [0, 0.1) is 0 Å². The molecule has 0 aromatic heterocycles. The summed E-state index contributed by atoms with van der Waals surface area (Å²) in [5.41, 5.74) is 7.22. The number of nitrogens with zero attached hydrogens (tertiary/aromatic N) is 1. The Morgan fingerprint density at radius 2 is 2.05 bits per heavy atom. The van der Waals surface area contributed by atoms with Crippen molar-refractivity contribution in [1.82, 2.24) is 10.2 Å². The third-order valence-corrected chi connectivity index (χ3v) is 3.31. The van der Waals surface area contributed by atoms with Gasteiger partial charge in [0.05, 0.1) is 0 Å². The van der Waals surface area contributed by atoms with Crippen LogP contribution in [0.4, 0.5) is 10.5 Å². The maximum absolute atomic E-state index is 11.8. The molecule has 106 valence electrons. The second kappa shape index (κ2) is 6.54. The quantitative estimate of drug-likeness (QED) is 0.756. The molecule has 0 fully saturated rings. The van der Waals surface area contributed by atoms with Gasteiger partial charge in [-0.1, -0.05) is 12.1 Å².